The molecule has 0 aromatic rings. The molecule has 20 fully saturated rings. The molecule has 20 aliphatic rings. The number of ketones is 1. The second kappa shape index (κ2) is 42.1. The number of carboxylic acid groups (broad SMARTS) is 5. The summed E-state index contributed by atoms with van der Waals surface area (Å²) in [4.78, 5) is 67.3. The number of fused-ring (bicyclic) bond motifs is 25. The molecule has 20 nitrogen and oxygen atoms in total. The highest BCUT2D eigenvalue weighted by molar-refractivity contribution is 5.79. The summed E-state index contributed by atoms with van der Waals surface area (Å²) in [5, 5.41) is 143. The van der Waals surface area contributed by atoms with Gasteiger partial charge in [0, 0.05) is 44.9 Å². The largest absolute Gasteiger partial charge is 0.481 e. The van der Waals surface area contributed by atoms with E-state index in [0.29, 0.717) is 178 Å². The van der Waals surface area contributed by atoms with Crippen LogP contribution in [-0.2, 0) is 28.8 Å². The Hall–Kier alpha value is -3.34. The van der Waals surface area contributed by atoms with Crippen LogP contribution in [0.2, 0.25) is 0 Å². The average Bonchev–Trinajstić information content (AvgIpc) is 1.30. The highest BCUT2D eigenvalue weighted by Gasteiger charge is 2.71. The fraction of sp³-hybridized carbons (Fsp3) is 0.950. The van der Waals surface area contributed by atoms with Crippen molar-refractivity contribution in [2.24, 2.45) is 232 Å². The van der Waals surface area contributed by atoms with Crippen LogP contribution in [-0.4, -0.2) is 162 Å². The molecule has 20 saturated carbocycles. The van der Waals surface area contributed by atoms with E-state index in [4.69, 9.17) is 25.5 Å². The summed E-state index contributed by atoms with van der Waals surface area (Å²) in [5.74, 6) is 12.3. The monoisotopic (exact) mass is 1960 g/mol. The molecule has 0 aromatic heterocycles. The zero-order valence-corrected chi connectivity index (χ0v) is 89.6. The SMILES string of the molecule is CC(CCC(=O)O)[C@H]1CC[C@H]2[C@@H]3CC[C@H]4C[C@H](O)CC[C@]4(C)[C@H]3CC[C@]12C.CC(CCC(=O)O)[C@H]1CC[C@H]2[C@@H]3[C@H](O)C[C@H]4C[C@H](O)CC[C@]4(C)[C@H]3C[C@H](O)[C@]12C.C[C@H](CCC(=O)O)[C@H]1CC[C@H]2[C@@H]3CC[C@H]4C[C@H](O)CC[C@]4(C)[C@H]3C[C@H](O)[C@]12C.C[C@H](CCC(=O)O)[C@H]1CC[C@H]2[C@@H]3[C@H](O)C[C@@H]4CC(=O)CC[C@]4(C)[C@H]3CC[C@]12C.C[C@H](CCC(=O)O)[C@H]1CC[C@H]2[C@@H]3[C@H](O)C[C@H]4C[C@H](O)CC[C@]4(C)[C@H]3CC[C@]12C. The van der Waals surface area contributed by atoms with Crippen LogP contribution in [0, 0.1) is 232 Å². The maximum Gasteiger partial charge on any atom is 0.303 e. The van der Waals surface area contributed by atoms with Crippen LogP contribution in [0.5, 0.6) is 0 Å². The topological polar surface area (TPSA) is 386 Å². The molecule has 20 rings (SSSR count). The third-order valence-electron chi connectivity index (χ3n) is 51.2. The molecule has 798 valence electrons. The van der Waals surface area contributed by atoms with Gasteiger partial charge in [0.15, 0.2) is 0 Å². The number of carbonyl (C=O) groups excluding carboxylic acids is 1. The van der Waals surface area contributed by atoms with Crippen LogP contribution in [0.1, 0.15) is 425 Å². The molecular weight excluding hydrogens is 1760 g/mol. The maximum atomic E-state index is 12.1. The highest BCUT2D eigenvalue weighted by atomic mass is 16.4. The summed E-state index contributed by atoms with van der Waals surface area (Å²) in [6, 6.07) is 0. The molecule has 0 aliphatic heterocycles. The van der Waals surface area contributed by atoms with E-state index in [9.17, 15) is 74.7 Å². The molecule has 0 aromatic carbocycles. The second-order valence-corrected chi connectivity index (χ2v) is 56.5. The summed E-state index contributed by atoms with van der Waals surface area (Å²) < 4.78 is 0. The van der Waals surface area contributed by atoms with E-state index in [0.717, 1.165) is 191 Å². The van der Waals surface area contributed by atoms with Gasteiger partial charge in [-0.1, -0.05) is 104 Å². The predicted octanol–water partition coefficient (Wildman–Crippen LogP) is 22.6. The Morgan fingerprint density at radius 3 is 0.921 bits per heavy atom. The maximum absolute atomic E-state index is 12.1. The number of rotatable bonds is 20. The number of carbonyl (C=O) groups is 6. The predicted molar refractivity (Wildman–Crippen MR) is 542 cm³/mol. The normalized spacial score (nSPS) is 51.2. The van der Waals surface area contributed by atoms with Gasteiger partial charge in [-0.05, 0) is 508 Å². The van der Waals surface area contributed by atoms with Crippen molar-refractivity contribution in [2.75, 3.05) is 0 Å². The van der Waals surface area contributed by atoms with Crippen molar-refractivity contribution >= 4 is 35.6 Å². The van der Waals surface area contributed by atoms with Gasteiger partial charge in [0.1, 0.15) is 5.78 Å². The minimum atomic E-state index is -0.748. The summed E-state index contributed by atoms with van der Waals surface area (Å²) in [6.45, 7) is 35.4. The number of aliphatic hydroxyl groups excluding tert-OH is 9. The lowest BCUT2D eigenvalue weighted by molar-refractivity contribution is -0.207. The minimum absolute atomic E-state index is 0.0561. The minimum Gasteiger partial charge on any atom is -0.481 e. The van der Waals surface area contributed by atoms with Gasteiger partial charge in [0.25, 0.3) is 0 Å². The Balaban J connectivity index is 0.000000126. The van der Waals surface area contributed by atoms with Gasteiger partial charge >= 0.3 is 29.8 Å². The van der Waals surface area contributed by atoms with Crippen LogP contribution < -0.4 is 0 Å². The number of hydrogen-bond acceptors (Lipinski definition) is 15. The van der Waals surface area contributed by atoms with Crippen molar-refractivity contribution in [3.63, 3.8) is 0 Å². The van der Waals surface area contributed by atoms with Gasteiger partial charge in [-0.2, -0.15) is 0 Å². The van der Waals surface area contributed by atoms with E-state index in [1.807, 2.05) is 0 Å². The van der Waals surface area contributed by atoms with Crippen molar-refractivity contribution < 1.29 is 100 Å². The molecule has 0 radical (unpaired) electrons. The number of hydrogen-bond donors (Lipinski definition) is 14. The lowest BCUT2D eigenvalue weighted by Gasteiger charge is -2.63. The fourth-order valence-electron chi connectivity index (χ4n) is 43.4. The van der Waals surface area contributed by atoms with Crippen LogP contribution in [0.25, 0.3) is 0 Å². The first-order chi connectivity index (χ1) is 65.8. The zero-order valence-electron chi connectivity index (χ0n) is 89.6. The number of carboxylic acids is 5. The zero-order chi connectivity index (χ0) is 101. The van der Waals surface area contributed by atoms with Gasteiger partial charge in [-0.3, -0.25) is 28.8 Å². The molecule has 0 heterocycles. The summed E-state index contributed by atoms with van der Waals surface area (Å²) in [5.41, 5.74) is 1.92. The Labute approximate surface area is 842 Å². The Morgan fingerprint density at radius 1 is 0.257 bits per heavy atom. The van der Waals surface area contributed by atoms with Gasteiger partial charge in [-0.15, -0.1) is 0 Å². The standard InChI is InChI=1S/C24H40O5.2C24H40O4.C24H38O4.C24H40O3/c1-13(4-7-21(28)29)16-5-6-17-22-18(12-20(27)24(16,17)3)23(2)9-8-15(25)10-14(23)11-19(22)26;1-14(4-9-22(27)28)18-7-8-19-17-6-5-15-12-16(25)10-11-23(15,2)20(17)13-21(26)24(18,19)3;2*1-14(4-7-21(27)28)17-5-6-18-22-19(9-11-24(17,18)3)23(2)10-8-16(25)12-15(23)13-20(22)26;1-15(4-9-22(26)27)19-7-8-20-18-6-5-16-14-17(25)10-12-23(16,2)21(18)11-13-24(19,20)3/h13-20,22,25-27H,4-12H2,1-3H3,(H,28,29);14-21,25-26H,4-13H2,1-3H3,(H,27,28);14-20,22,25-26H,4-13H2,1-3H3,(H,27,28);14-15,17-20,22,26H,4-13H2,1-3H3,(H,27,28);15-21,25H,4-14H2,1-3H3,(H,26,27)/t13?,14-,15-,16-,17+,18+,19-,20+,22+,23+,24-;14-,15+,16-,17+,18-,19+,20+,21+,23+,24-;14-,15-,16-,17-,18+,19+,20-,22+,23+,24-;14-,15+,17-,18+,19+,20-,22+,23+,24-;15?,16-,17+,18-,19+,20-,21-,23-,24+/m11110/s1. The van der Waals surface area contributed by atoms with Gasteiger partial charge in [-0.25, -0.2) is 0 Å². The van der Waals surface area contributed by atoms with Crippen LogP contribution in [0.3, 0.4) is 0 Å². The number of Topliss-reactive ketones (excluding diaryl/α,β-unsaturated/α-hetero) is 1. The van der Waals surface area contributed by atoms with E-state index in [-0.39, 0.29) is 130 Å². The molecule has 49 atom stereocenters. The van der Waals surface area contributed by atoms with E-state index in [2.05, 4.69) is 104 Å². The van der Waals surface area contributed by atoms with Crippen LogP contribution in [0.4, 0.5) is 0 Å². The summed E-state index contributed by atoms with van der Waals surface area (Å²) in [6.07, 6.45) is 45.6. The first-order valence-electron chi connectivity index (χ1n) is 58.6. The Bertz CT molecular complexity index is 4280. The van der Waals surface area contributed by atoms with E-state index in [1.165, 1.54) is 109 Å². The molecule has 0 bridgehead atoms. The molecule has 0 saturated heterocycles. The van der Waals surface area contributed by atoms with E-state index < -0.39 is 36.0 Å². The summed E-state index contributed by atoms with van der Waals surface area (Å²) in [7, 11) is 0. The molecule has 140 heavy (non-hydrogen) atoms. The quantitative estimate of drug-likeness (QED) is 0.0538. The first kappa shape index (κ1) is 109. The lowest BCUT2D eigenvalue weighted by atomic mass is 9.43. The third kappa shape index (κ3) is 19.8. The van der Waals surface area contributed by atoms with Crippen molar-refractivity contribution in [3.05, 3.63) is 0 Å². The molecule has 20 aliphatic carbocycles. The summed E-state index contributed by atoms with van der Waals surface area (Å²) >= 11 is 0. The second-order valence-electron chi connectivity index (χ2n) is 56.5. The van der Waals surface area contributed by atoms with Gasteiger partial charge in [0.2, 0.25) is 0 Å². The molecule has 20 heteroatoms. The van der Waals surface area contributed by atoms with E-state index in [1.54, 1.807) is 0 Å². The van der Waals surface area contributed by atoms with Crippen molar-refractivity contribution in [1.82, 2.24) is 0 Å². The van der Waals surface area contributed by atoms with Gasteiger partial charge in [0.05, 0.1) is 54.9 Å². The number of aliphatic hydroxyl groups is 9. The number of aliphatic carboxylic acids is 5. The van der Waals surface area contributed by atoms with Crippen LogP contribution >= 0.6 is 0 Å². The molecule has 14 N–H and O–H groups in total. The Morgan fingerprint density at radius 2 is 0.521 bits per heavy atom. The molecular formula is C120H198O20. The lowest BCUT2D eigenvalue weighted by Crippen LogP contribution is -2.62. The Kier molecular flexibility index (Phi) is 32.9. The van der Waals surface area contributed by atoms with E-state index >= 15 is 0 Å². The molecule has 0 amide bonds. The molecule has 2 unspecified atom stereocenters. The van der Waals surface area contributed by atoms with Gasteiger partial charge < -0.3 is 71.5 Å². The smallest absolute Gasteiger partial charge is 0.303 e. The molecule has 0 spiro atoms. The van der Waals surface area contributed by atoms with Crippen molar-refractivity contribution in [2.45, 2.75) is 480 Å². The van der Waals surface area contributed by atoms with Crippen molar-refractivity contribution in [3.8, 4) is 0 Å². The first-order valence-corrected chi connectivity index (χ1v) is 58.6. The average molecular weight is 1960 g/mol. The third-order valence-corrected chi connectivity index (χ3v) is 51.2. The highest BCUT2D eigenvalue weighted by Crippen LogP contribution is 2.76. The van der Waals surface area contributed by atoms with Crippen molar-refractivity contribution in [1.29, 1.82) is 0 Å². The fourth-order valence-corrected chi connectivity index (χ4v) is 43.4. The van der Waals surface area contributed by atoms with Crippen LogP contribution in [0.15, 0.2) is 0 Å².